The lowest BCUT2D eigenvalue weighted by molar-refractivity contribution is -0.387. The van der Waals surface area contributed by atoms with Crippen molar-refractivity contribution in [3.8, 4) is 0 Å². The molecule has 0 aromatic heterocycles. The number of nitro benzene ring substituents is 1. The molecule has 0 radical (unpaired) electrons. The quantitative estimate of drug-likeness (QED) is 0.528. The molecule has 1 aromatic rings. The topological polar surface area (TPSA) is 72.2 Å². The zero-order chi connectivity index (χ0) is 14.9. The van der Waals surface area contributed by atoms with Gasteiger partial charge in [0, 0.05) is 12.1 Å². The van der Waals surface area contributed by atoms with E-state index in [1.54, 1.807) is 0 Å². The normalized spacial score (nSPS) is 15.3. The molecule has 20 heavy (non-hydrogen) atoms. The van der Waals surface area contributed by atoms with Gasteiger partial charge in [-0.3, -0.25) is 14.9 Å². The van der Waals surface area contributed by atoms with Crippen molar-refractivity contribution in [2.24, 2.45) is 0 Å². The van der Waals surface area contributed by atoms with Crippen LogP contribution in [-0.2, 0) is 0 Å². The van der Waals surface area contributed by atoms with E-state index in [0.29, 0.717) is 18.9 Å². The summed E-state index contributed by atoms with van der Waals surface area (Å²) in [5.41, 5.74) is -2.12. The summed E-state index contributed by atoms with van der Waals surface area (Å²) >= 11 is 0. The molecule has 1 aliphatic rings. The van der Waals surface area contributed by atoms with E-state index in [-0.39, 0.29) is 6.04 Å². The van der Waals surface area contributed by atoms with Gasteiger partial charge in [0.25, 0.3) is 5.91 Å². The molecule has 0 spiro atoms. The molecule has 1 aromatic carbocycles. The van der Waals surface area contributed by atoms with Gasteiger partial charge in [0.15, 0.2) is 5.82 Å². The summed E-state index contributed by atoms with van der Waals surface area (Å²) in [6.45, 7) is 0. The molecule has 0 aliphatic heterocycles. The Bertz CT molecular complexity index is 572. The molecule has 0 bridgehead atoms. The molecule has 1 fully saturated rings. The Morgan fingerprint density at radius 1 is 1.20 bits per heavy atom. The van der Waals surface area contributed by atoms with Crippen molar-refractivity contribution in [2.45, 2.75) is 31.7 Å². The summed E-state index contributed by atoms with van der Waals surface area (Å²) in [6.07, 6.45) is 3.23. The first-order chi connectivity index (χ1) is 9.41. The number of benzene rings is 1. The van der Waals surface area contributed by atoms with Crippen molar-refractivity contribution < 1.29 is 22.9 Å². The van der Waals surface area contributed by atoms with Crippen LogP contribution in [0.4, 0.5) is 18.9 Å². The third-order valence-corrected chi connectivity index (χ3v) is 3.26. The van der Waals surface area contributed by atoms with E-state index in [9.17, 15) is 28.1 Å². The Hall–Kier alpha value is -2.12. The van der Waals surface area contributed by atoms with Crippen molar-refractivity contribution >= 4 is 11.6 Å². The molecule has 1 amide bonds. The summed E-state index contributed by atoms with van der Waals surface area (Å²) in [7, 11) is 0. The summed E-state index contributed by atoms with van der Waals surface area (Å²) in [4.78, 5) is 21.1. The summed E-state index contributed by atoms with van der Waals surface area (Å²) in [6, 6.07) is 0.243. The third kappa shape index (κ3) is 2.59. The van der Waals surface area contributed by atoms with Gasteiger partial charge >= 0.3 is 5.69 Å². The lowest BCUT2D eigenvalue weighted by Crippen LogP contribution is -2.33. The number of rotatable bonds is 3. The molecule has 8 heteroatoms. The molecule has 0 unspecified atom stereocenters. The highest BCUT2D eigenvalue weighted by molar-refractivity contribution is 5.95. The van der Waals surface area contributed by atoms with Gasteiger partial charge in [-0.05, 0) is 12.8 Å². The van der Waals surface area contributed by atoms with Crippen LogP contribution in [-0.4, -0.2) is 16.9 Å². The number of carbonyl (C=O) groups is 1. The molecule has 108 valence electrons. The highest BCUT2D eigenvalue weighted by Crippen LogP contribution is 2.26. The minimum Gasteiger partial charge on any atom is -0.349 e. The standard InChI is InChI=1S/C12H11F3N2O3/c13-9-7(12(18)16-6-3-1-2-4-6)5-8(17(19)20)10(14)11(9)15/h5-6H,1-4H2,(H,16,18). The van der Waals surface area contributed by atoms with Gasteiger partial charge in [0.05, 0.1) is 10.5 Å². The Morgan fingerprint density at radius 3 is 2.35 bits per heavy atom. The summed E-state index contributed by atoms with van der Waals surface area (Å²) in [5.74, 6) is -6.62. The fourth-order valence-corrected chi connectivity index (χ4v) is 2.22. The van der Waals surface area contributed by atoms with Gasteiger partial charge in [0.1, 0.15) is 0 Å². The summed E-state index contributed by atoms with van der Waals surface area (Å²) in [5, 5.41) is 13.0. The maximum absolute atomic E-state index is 13.5. The second kappa shape index (κ2) is 5.48. The van der Waals surface area contributed by atoms with Crippen LogP contribution in [0.5, 0.6) is 0 Å². The Balaban J connectivity index is 2.35. The number of halogens is 3. The van der Waals surface area contributed by atoms with E-state index in [2.05, 4.69) is 5.32 Å². The van der Waals surface area contributed by atoms with Crippen LogP contribution in [0.15, 0.2) is 6.07 Å². The zero-order valence-corrected chi connectivity index (χ0v) is 10.3. The van der Waals surface area contributed by atoms with E-state index in [0.717, 1.165) is 12.8 Å². The maximum atomic E-state index is 13.5. The number of amides is 1. The van der Waals surface area contributed by atoms with E-state index >= 15 is 0 Å². The molecule has 1 aliphatic carbocycles. The average Bonchev–Trinajstić information content (AvgIpc) is 2.88. The number of nitrogens with one attached hydrogen (secondary N) is 1. The predicted octanol–water partition coefficient (Wildman–Crippen LogP) is 2.68. The fraction of sp³-hybridized carbons (Fsp3) is 0.417. The largest absolute Gasteiger partial charge is 0.349 e. The predicted molar refractivity (Wildman–Crippen MR) is 62.7 cm³/mol. The van der Waals surface area contributed by atoms with Crippen molar-refractivity contribution in [2.75, 3.05) is 0 Å². The van der Waals surface area contributed by atoms with Gasteiger partial charge in [-0.15, -0.1) is 0 Å². The van der Waals surface area contributed by atoms with Gasteiger partial charge in [-0.25, -0.2) is 8.78 Å². The third-order valence-electron chi connectivity index (χ3n) is 3.26. The first kappa shape index (κ1) is 14.3. The maximum Gasteiger partial charge on any atom is 0.308 e. The summed E-state index contributed by atoms with van der Waals surface area (Å²) < 4.78 is 40.0. The number of hydrogen-bond donors (Lipinski definition) is 1. The number of carbonyl (C=O) groups excluding carboxylic acids is 1. The minimum absolute atomic E-state index is 0.172. The van der Waals surface area contributed by atoms with Crippen molar-refractivity contribution in [1.82, 2.24) is 5.32 Å². The molecular formula is C12H11F3N2O3. The average molecular weight is 288 g/mol. The number of hydrogen-bond acceptors (Lipinski definition) is 3. The second-order valence-corrected chi connectivity index (χ2v) is 4.60. The minimum atomic E-state index is -2.02. The molecule has 0 heterocycles. The molecule has 0 saturated heterocycles. The number of nitro groups is 1. The van der Waals surface area contributed by atoms with Crippen LogP contribution < -0.4 is 5.32 Å². The first-order valence-corrected chi connectivity index (χ1v) is 6.04. The Morgan fingerprint density at radius 2 is 1.80 bits per heavy atom. The monoisotopic (exact) mass is 288 g/mol. The van der Waals surface area contributed by atoms with Crippen LogP contribution in [0.3, 0.4) is 0 Å². The SMILES string of the molecule is O=C(NC1CCCC1)c1cc([N+](=O)[O-])c(F)c(F)c1F. The zero-order valence-electron chi connectivity index (χ0n) is 10.3. The van der Waals surface area contributed by atoms with Gasteiger partial charge < -0.3 is 5.32 Å². The van der Waals surface area contributed by atoms with Gasteiger partial charge in [0.2, 0.25) is 11.6 Å². The molecule has 1 saturated carbocycles. The molecule has 2 rings (SSSR count). The molecule has 0 atom stereocenters. The Labute approximate surface area is 111 Å². The first-order valence-electron chi connectivity index (χ1n) is 6.04. The lowest BCUT2D eigenvalue weighted by atomic mass is 10.1. The second-order valence-electron chi connectivity index (χ2n) is 4.60. The van der Waals surface area contributed by atoms with E-state index < -0.39 is 39.5 Å². The highest BCUT2D eigenvalue weighted by atomic mass is 19.2. The van der Waals surface area contributed by atoms with Crippen LogP contribution in [0.2, 0.25) is 0 Å². The van der Waals surface area contributed by atoms with Gasteiger partial charge in [-0.1, -0.05) is 12.8 Å². The smallest absolute Gasteiger partial charge is 0.308 e. The molecule has 5 nitrogen and oxygen atoms in total. The van der Waals surface area contributed by atoms with E-state index in [1.165, 1.54) is 0 Å². The van der Waals surface area contributed by atoms with Crippen molar-refractivity contribution in [1.29, 1.82) is 0 Å². The van der Waals surface area contributed by atoms with Crippen molar-refractivity contribution in [3.63, 3.8) is 0 Å². The van der Waals surface area contributed by atoms with E-state index in [4.69, 9.17) is 0 Å². The lowest BCUT2D eigenvalue weighted by Gasteiger charge is -2.12. The van der Waals surface area contributed by atoms with Crippen LogP contribution in [0.25, 0.3) is 0 Å². The highest BCUT2D eigenvalue weighted by Gasteiger charge is 2.29. The van der Waals surface area contributed by atoms with Crippen LogP contribution >= 0.6 is 0 Å². The van der Waals surface area contributed by atoms with Gasteiger partial charge in [-0.2, -0.15) is 4.39 Å². The van der Waals surface area contributed by atoms with Crippen LogP contribution in [0, 0.1) is 27.6 Å². The fourth-order valence-electron chi connectivity index (χ4n) is 2.22. The van der Waals surface area contributed by atoms with Crippen molar-refractivity contribution in [3.05, 3.63) is 39.2 Å². The Kier molecular flexibility index (Phi) is 3.91. The number of nitrogens with zero attached hydrogens (tertiary/aromatic N) is 1. The molecule has 1 N–H and O–H groups in total. The van der Waals surface area contributed by atoms with E-state index in [1.807, 2.05) is 0 Å². The van der Waals surface area contributed by atoms with Crippen LogP contribution in [0.1, 0.15) is 36.0 Å². The molecular weight excluding hydrogens is 277 g/mol.